The second-order valence-electron chi connectivity index (χ2n) is 5.96. The Morgan fingerprint density at radius 2 is 2.00 bits per heavy atom. The summed E-state index contributed by atoms with van der Waals surface area (Å²) in [6, 6.07) is 9.73. The summed E-state index contributed by atoms with van der Waals surface area (Å²) in [5.41, 5.74) is 6.95. The summed E-state index contributed by atoms with van der Waals surface area (Å²) >= 11 is 0. The molecule has 2 rings (SSSR count). The number of nitrogens with two attached hydrogens (primary N) is 1. The van der Waals surface area contributed by atoms with Crippen molar-refractivity contribution >= 4 is 5.91 Å². The van der Waals surface area contributed by atoms with Gasteiger partial charge in [-0.2, -0.15) is 0 Å². The van der Waals surface area contributed by atoms with E-state index in [1.807, 2.05) is 30.3 Å². The molecule has 3 N–H and O–H groups in total. The van der Waals surface area contributed by atoms with Crippen LogP contribution in [-0.4, -0.2) is 26.2 Å². The number of rotatable bonds is 7. The van der Waals surface area contributed by atoms with Crippen molar-refractivity contribution in [2.75, 3.05) is 20.3 Å². The number of carbonyl (C=O) groups excluding carboxylic acids is 1. The molecule has 116 valence electrons. The van der Waals surface area contributed by atoms with Crippen LogP contribution in [0.5, 0.6) is 0 Å². The largest absolute Gasteiger partial charge is 0.385 e. The number of carbonyl (C=O) groups is 1. The normalized spacial score (nSPS) is 18.4. The number of amides is 1. The number of ether oxygens (including phenoxy) is 1. The number of hydrogen-bond donors (Lipinski definition) is 2. The summed E-state index contributed by atoms with van der Waals surface area (Å²) in [5.74, 6) is 0.142. The van der Waals surface area contributed by atoms with Crippen LogP contribution in [0.1, 0.15) is 43.7 Å². The Balaban J connectivity index is 1.90. The van der Waals surface area contributed by atoms with Gasteiger partial charge in [-0.25, -0.2) is 0 Å². The van der Waals surface area contributed by atoms with Gasteiger partial charge in [0.15, 0.2) is 0 Å². The van der Waals surface area contributed by atoms with Crippen LogP contribution in [0.3, 0.4) is 0 Å². The van der Waals surface area contributed by atoms with E-state index in [1.165, 1.54) is 0 Å². The van der Waals surface area contributed by atoms with E-state index in [0.29, 0.717) is 13.2 Å². The van der Waals surface area contributed by atoms with Crippen LogP contribution in [-0.2, 0) is 9.53 Å². The minimum Gasteiger partial charge on any atom is -0.385 e. The topological polar surface area (TPSA) is 64.3 Å². The third-order valence-electron chi connectivity index (χ3n) is 4.54. The van der Waals surface area contributed by atoms with Crippen molar-refractivity contribution in [3.05, 3.63) is 35.9 Å². The zero-order chi connectivity index (χ0) is 15.1. The molecule has 1 aliphatic carbocycles. The minimum absolute atomic E-state index is 0.142. The molecule has 0 spiro atoms. The Labute approximate surface area is 127 Å². The fourth-order valence-corrected chi connectivity index (χ4v) is 3.15. The lowest BCUT2D eigenvalue weighted by molar-refractivity contribution is -0.132. The third kappa shape index (κ3) is 4.05. The molecule has 1 unspecified atom stereocenters. The van der Waals surface area contributed by atoms with Gasteiger partial charge in [-0.3, -0.25) is 4.79 Å². The van der Waals surface area contributed by atoms with Gasteiger partial charge in [0.1, 0.15) is 0 Å². The lowest BCUT2D eigenvalue weighted by Gasteiger charge is -2.28. The first-order chi connectivity index (χ1) is 10.2. The van der Waals surface area contributed by atoms with Gasteiger partial charge in [-0.15, -0.1) is 0 Å². The van der Waals surface area contributed by atoms with E-state index in [0.717, 1.165) is 37.7 Å². The standard InChI is InChI=1S/C17H26N2O2/c1-21-12-11-17(9-5-6-10-17)16(20)19-13-15(18)14-7-3-2-4-8-14/h2-4,7-8,15H,5-6,9-13,18H2,1H3,(H,19,20). The molecule has 0 bridgehead atoms. The van der Waals surface area contributed by atoms with Crippen molar-refractivity contribution in [2.45, 2.75) is 38.1 Å². The van der Waals surface area contributed by atoms with Crippen molar-refractivity contribution in [3.8, 4) is 0 Å². The Morgan fingerprint density at radius 3 is 2.62 bits per heavy atom. The number of benzene rings is 1. The molecule has 1 aromatic carbocycles. The number of methoxy groups -OCH3 is 1. The van der Waals surface area contributed by atoms with Crippen molar-refractivity contribution in [1.29, 1.82) is 0 Å². The molecule has 1 fully saturated rings. The fraction of sp³-hybridized carbons (Fsp3) is 0.588. The summed E-state index contributed by atoms with van der Waals surface area (Å²) in [7, 11) is 1.69. The minimum atomic E-state index is -0.244. The molecule has 1 saturated carbocycles. The highest BCUT2D eigenvalue weighted by atomic mass is 16.5. The summed E-state index contributed by atoms with van der Waals surface area (Å²) < 4.78 is 5.17. The van der Waals surface area contributed by atoms with Gasteiger partial charge >= 0.3 is 0 Å². The lowest BCUT2D eigenvalue weighted by atomic mass is 9.82. The van der Waals surface area contributed by atoms with Gasteiger partial charge in [0.25, 0.3) is 0 Å². The summed E-state index contributed by atoms with van der Waals surface area (Å²) in [6.07, 6.45) is 4.98. The molecule has 0 aromatic heterocycles. The van der Waals surface area contributed by atoms with Gasteiger partial charge in [0.05, 0.1) is 5.41 Å². The van der Waals surface area contributed by atoms with Crippen LogP contribution < -0.4 is 11.1 Å². The molecule has 0 radical (unpaired) electrons. The molecule has 1 atom stereocenters. The first kappa shape index (κ1) is 16.0. The van der Waals surface area contributed by atoms with Gasteiger partial charge < -0.3 is 15.8 Å². The molecule has 0 heterocycles. The predicted octanol–water partition coefficient (Wildman–Crippen LogP) is 2.40. The van der Waals surface area contributed by atoms with Gasteiger partial charge in [0.2, 0.25) is 5.91 Å². The number of nitrogens with one attached hydrogen (secondary N) is 1. The summed E-state index contributed by atoms with van der Waals surface area (Å²) in [5, 5.41) is 3.05. The van der Waals surface area contributed by atoms with Crippen LogP contribution in [0.15, 0.2) is 30.3 Å². The molecular weight excluding hydrogens is 264 g/mol. The Hall–Kier alpha value is -1.39. The molecule has 1 amide bonds. The van der Waals surface area contributed by atoms with E-state index >= 15 is 0 Å². The van der Waals surface area contributed by atoms with Crippen molar-refractivity contribution in [1.82, 2.24) is 5.32 Å². The van der Waals surface area contributed by atoms with E-state index < -0.39 is 0 Å². The Morgan fingerprint density at radius 1 is 1.33 bits per heavy atom. The molecule has 4 heteroatoms. The average Bonchev–Trinajstić information content (AvgIpc) is 3.01. The maximum atomic E-state index is 12.6. The van der Waals surface area contributed by atoms with E-state index in [-0.39, 0.29) is 17.4 Å². The van der Waals surface area contributed by atoms with Crippen molar-refractivity contribution in [3.63, 3.8) is 0 Å². The van der Waals surface area contributed by atoms with Gasteiger partial charge in [-0.1, -0.05) is 43.2 Å². The molecule has 4 nitrogen and oxygen atoms in total. The predicted molar refractivity (Wildman–Crippen MR) is 83.8 cm³/mol. The number of hydrogen-bond acceptors (Lipinski definition) is 3. The lowest BCUT2D eigenvalue weighted by Crippen LogP contribution is -2.42. The van der Waals surface area contributed by atoms with Crippen LogP contribution in [0.2, 0.25) is 0 Å². The van der Waals surface area contributed by atoms with E-state index in [4.69, 9.17) is 10.5 Å². The molecule has 0 saturated heterocycles. The van der Waals surface area contributed by atoms with Crippen LogP contribution in [0.4, 0.5) is 0 Å². The first-order valence-corrected chi connectivity index (χ1v) is 7.76. The van der Waals surface area contributed by atoms with E-state index in [1.54, 1.807) is 7.11 Å². The van der Waals surface area contributed by atoms with E-state index in [2.05, 4.69) is 5.32 Å². The van der Waals surface area contributed by atoms with Crippen molar-refractivity contribution in [2.24, 2.45) is 11.1 Å². The quantitative estimate of drug-likeness (QED) is 0.810. The van der Waals surface area contributed by atoms with Gasteiger partial charge in [0, 0.05) is 26.3 Å². The maximum absolute atomic E-state index is 12.6. The summed E-state index contributed by atoms with van der Waals surface area (Å²) in [4.78, 5) is 12.6. The van der Waals surface area contributed by atoms with Crippen molar-refractivity contribution < 1.29 is 9.53 Å². The third-order valence-corrected chi connectivity index (χ3v) is 4.54. The van der Waals surface area contributed by atoms with Crippen LogP contribution in [0.25, 0.3) is 0 Å². The second kappa shape index (κ2) is 7.57. The second-order valence-corrected chi connectivity index (χ2v) is 5.96. The maximum Gasteiger partial charge on any atom is 0.226 e. The van der Waals surface area contributed by atoms with Crippen LogP contribution >= 0.6 is 0 Å². The smallest absolute Gasteiger partial charge is 0.226 e. The van der Waals surface area contributed by atoms with Gasteiger partial charge in [-0.05, 0) is 24.8 Å². The summed E-state index contributed by atoms with van der Waals surface area (Å²) in [6.45, 7) is 1.12. The zero-order valence-corrected chi connectivity index (χ0v) is 12.8. The fourth-order valence-electron chi connectivity index (χ4n) is 3.15. The first-order valence-electron chi connectivity index (χ1n) is 7.76. The Kier molecular flexibility index (Phi) is 5.76. The Bertz CT molecular complexity index is 441. The zero-order valence-electron chi connectivity index (χ0n) is 12.8. The molecule has 1 aliphatic rings. The molecule has 1 aromatic rings. The SMILES string of the molecule is COCCC1(C(=O)NCC(N)c2ccccc2)CCCC1. The monoisotopic (exact) mass is 290 g/mol. The highest BCUT2D eigenvalue weighted by Gasteiger charge is 2.40. The highest BCUT2D eigenvalue weighted by molar-refractivity contribution is 5.83. The average molecular weight is 290 g/mol. The van der Waals surface area contributed by atoms with Crippen LogP contribution in [0, 0.1) is 5.41 Å². The highest BCUT2D eigenvalue weighted by Crippen LogP contribution is 2.41. The molecule has 0 aliphatic heterocycles. The molecule has 21 heavy (non-hydrogen) atoms. The molecular formula is C17H26N2O2. The van der Waals surface area contributed by atoms with E-state index in [9.17, 15) is 4.79 Å².